The summed E-state index contributed by atoms with van der Waals surface area (Å²) in [7, 11) is 0. The number of nitrogens with zero attached hydrogens (tertiary/aromatic N) is 2. The lowest BCUT2D eigenvalue weighted by Crippen LogP contribution is -2.18. The van der Waals surface area contributed by atoms with Gasteiger partial charge in [-0.15, -0.1) is 0 Å². The first-order valence-electron chi connectivity index (χ1n) is 21.9. The number of anilines is 3. The van der Waals surface area contributed by atoms with Gasteiger partial charge in [-0.25, -0.2) is 0 Å². The first kappa shape index (κ1) is 36.4. The summed E-state index contributed by atoms with van der Waals surface area (Å²) >= 11 is 0. The third-order valence-corrected chi connectivity index (χ3v) is 14.0. The number of hydrogen-bond donors (Lipinski definition) is 0. The summed E-state index contributed by atoms with van der Waals surface area (Å²) in [5.74, 6) is 0. The lowest BCUT2D eigenvalue weighted by molar-refractivity contribution is 0.660. The minimum absolute atomic E-state index is 0.158. The van der Waals surface area contributed by atoms with Crippen LogP contribution >= 0.6 is 0 Å². The van der Waals surface area contributed by atoms with E-state index in [-0.39, 0.29) is 10.8 Å². The SMILES string of the molecule is CC1(C)c2ccccc2-c2ccc(N(c3cc(-c4ccccc4)ccc3-c3cccc4c3c3ccccc3n4-c3ccccc3)c3cccc4c3-c3ccccc3C4(C)C)cc21. The molecule has 0 N–H and O–H groups in total. The second-order valence-corrected chi connectivity index (χ2v) is 18.1. The molecule has 2 aliphatic carbocycles. The highest BCUT2D eigenvalue weighted by Gasteiger charge is 2.39. The average Bonchev–Trinajstić information content (AvgIpc) is 3.87. The Morgan fingerprint density at radius 2 is 0.952 bits per heavy atom. The van der Waals surface area contributed by atoms with E-state index in [1.54, 1.807) is 0 Å². The van der Waals surface area contributed by atoms with Gasteiger partial charge in [-0.2, -0.15) is 0 Å². The highest BCUT2D eigenvalue weighted by molar-refractivity contribution is 6.17. The second kappa shape index (κ2) is 13.5. The number of fused-ring (bicyclic) bond motifs is 9. The van der Waals surface area contributed by atoms with Crippen LogP contribution in [-0.2, 0) is 10.8 Å². The first-order chi connectivity index (χ1) is 30.3. The smallest absolute Gasteiger partial charge is 0.0547 e. The molecule has 62 heavy (non-hydrogen) atoms. The van der Waals surface area contributed by atoms with Crippen LogP contribution in [0.5, 0.6) is 0 Å². The van der Waals surface area contributed by atoms with Gasteiger partial charge in [0.15, 0.2) is 0 Å². The predicted molar refractivity (Wildman–Crippen MR) is 261 cm³/mol. The number of benzene rings is 9. The lowest BCUT2D eigenvalue weighted by atomic mass is 9.82. The maximum atomic E-state index is 2.59. The largest absolute Gasteiger partial charge is 0.309 e. The van der Waals surface area contributed by atoms with Crippen molar-refractivity contribution >= 4 is 38.9 Å². The minimum atomic E-state index is -0.166. The molecule has 0 radical (unpaired) electrons. The Morgan fingerprint density at radius 3 is 1.76 bits per heavy atom. The molecule has 2 nitrogen and oxygen atoms in total. The normalized spacial score (nSPS) is 14.1. The maximum absolute atomic E-state index is 2.59. The van der Waals surface area contributed by atoms with Gasteiger partial charge >= 0.3 is 0 Å². The zero-order valence-electron chi connectivity index (χ0n) is 35.5. The summed E-state index contributed by atoms with van der Waals surface area (Å²) < 4.78 is 2.42. The molecule has 0 aliphatic heterocycles. The van der Waals surface area contributed by atoms with Crippen molar-refractivity contribution in [2.24, 2.45) is 0 Å². The third kappa shape index (κ3) is 5.23. The van der Waals surface area contributed by atoms with Crippen molar-refractivity contribution in [2.75, 3.05) is 4.90 Å². The molecule has 2 aliphatic rings. The molecular weight excluding hydrogens is 749 g/mol. The first-order valence-corrected chi connectivity index (χ1v) is 21.9. The van der Waals surface area contributed by atoms with Gasteiger partial charge in [-0.3, -0.25) is 0 Å². The molecule has 12 rings (SSSR count). The van der Waals surface area contributed by atoms with Crippen molar-refractivity contribution in [3.63, 3.8) is 0 Å². The van der Waals surface area contributed by atoms with Crippen molar-refractivity contribution in [2.45, 2.75) is 38.5 Å². The predicted octanol–water partition coefficient (Wildman–Crippen LogP) is 16.2. The molecule has 296 valence electrons. The van der Waals surface area contributed by atoms with Gasteiger partial charge in [-0.1, -0.05) is 185 Å². The standard InChI is InChI=1S/C60H46N2/c1-59(2)50-28-15-12-24-47(50)58-51(59)29-18-32-55(58)62(42-34-36-44-43-23-11-14-27-49(43)60(3,4)52(44)38-42)56-37-40(39-19-7-5-8-20-39)33-35-45(56)46-26-17-31-54-57(46)48-25-13-16-30-53(48)61(54)41-21-9-6-10-22-41/h5-38H,1-4H3. The molecule has 0 amide bonds. The molecule has 0 atom stereocenters. The molecule has 1 heterocycles. The Hall–Kier alpha value is -7.42. The topological polar surface area (TPSA) is 8.17 Å². The zero-order valence-corrected chi connectivity index (χ0v) is 35.5. The van der Waals surface area contributed by atoms with Gasteiger partial charge in [0.2, 0.25) is 0 Å². The summed E-state index contributed by atoms with van der Waals surface area (Å²) in [5, 5.41) is 2.48. The number of hydrogen-bond acceptors (Lipinski definition) is 1. The van der Waals surface area contributed by atoms with Crippen LogP contribution in [0.25, 0.3) is 72.0 Å². The second-order valence-electron chi connectivity index (χ2n) is 18.1. The van der Waals surface area contributed by atoms with Crippen LogP contribution in [-0.4, -0.2) is 4.57 Å². The van der Waals surface area contributed by atoms with Crippen LogP contribution in [0, 0.1) is 0 Å². The van der Waals surface area contributed by atoms with Crippen molar-refractivity contribution in [1.29, 1.82) is 0 Å². The van der Waals surface area contributed by atoms with Crippen molar-refractivity contribution in [3.05, 3.63) is 229 Å². The van der Waals surface area contributed by atoms with E-state index < -0.39 is 0 Å². The van der Waals surface area contributed by atoms with Crippen molar-refractivity contribution in [1.82, 2.24) is 4.57 Å². The fourth-order valence-corrected chi connectivity index (χ4v) is 11.0. The summed E-state index contributed by atoms with van der Waals surface area (Å²) in [6.07, 6.45) is 0. The number of rotatable bonds is 6. The van der Waals surface area contributed by atoms with E-state index in [9.17, 15) is 0 Å². The van der Waals surface area contributed by atoms with E-state index in [0.29, 0.717) is 0 Å². The molecule has 9 aromatic carbocycles. The Bertz CT molecular complexity index is 3400. The van der Waals surface area contributed by atoms with Gasteiger partial charge < -0.3 is 9.47 Å². The zero-order chi connectivity index (χ0) is 41.7. The fraction of sp³-hybridized carbons (Fsp3) is 0.100. The van der Waals surface area contributed by atoms with Crippen molar-refractivity contribution < 1.29 is 0 Å². The molecule has 2 heteroatoms. The molecule has 10 aromatic rings. The summed E-state index contributed by atoms with van der Waals surface area (Å²) in [6, 6.07) is 76.7. The molecule has 0 fully saturated rings. The highest BCUT2D eigenvalue weighted by Crippen LogP contribution is 2.57. The van der Waals surface area contributed by atoms with E-state index in [1.807, 2.05) is 0 Å². The Kier molecular flexibility index (Phi) is 7.96. The Morgan fingerprint density at radius 1 is 0.371 bits per heavy atom. The van der Waals surface area contributed by atoms with Crippen LogP contribution in [0.1, 0.15) is 49.9 Å². The van der Waals surface area contributed by atoms with Gasteiger partial charge in [0.25, 0.3) is 0 Å². The van der Waals surface area contributed by atoms with E-state index in [2.05, 4.69) is 243 Å². The average molecular weight is 795 g/mol. The third-order valence-electron chi connectivity index (χ3n) is 14.0. The molecule has 0 unspecified atom stereocenters. The molecule has 0 bridgehead atoms. The quantitative estimate of drug-likeness (QED) is 0.163. The van der Waals surface area contributed by atoms with Gasteiger partial charge in [0, 0.05) is 44.1 Å². The lowest BCUT2D eigenvalue weighted by Gasteiger charge is -2.32. The molecule has 1 aromatic heterocycles. The van der Waals surface area contributed by atoms with Crippen LogP contribution < -0.4 is 4.90 Å². The van der Waals surface area contributed by atoms with E-state index in [0.717, 1.165) is 17.1 Å². The molecule has 0 saturated heterocycles. The monoisotopic (exact) mass is 794 g/mol. The van der Waals surface area contributed by atoms with E-state index in [1.165, 1.54) is 94.3 Å². The van der Waals surface area contributed by atoms with Crippen LogP contribution in [0.4, 0.5) is 17.1 Å². The van der Waals surface area contributed by atoms with Crippen LogP contribution in [0.3, 0.4) is 0 Å². The van der Waals surface area contributed by atoms with E-state index in [4.69, 9.17) is 0 Å². The molecule has 0 spiro atoms. The fourth-order valence-electron chi connectivity index (χ4n) is 11.0. The summed E-state index contributed by atoms with van der Waals surface area (Å²) in [4.78, 5) is 2.59. The summed E-state index contributed by atoms with van der Waals surface area (Å²) in [6.45, 7) is 9.53. The highest BCUT2D eigenvalue weighted by atomic mass is 15.1. The van der Waals surface area contributed by atoms with E-state index >= 15 is 0 Å². The Balaban J connectivity index is 1.20. The van der Waals surface area contributed by atoms with Gasteiger partial charge in [-0.05, 0) is 104 Å². The Labute approximate surface area is 364 Å². The van der Waals surface area contributed by atoms with Gasteiger partial charge in [0.1, 0.15) is 0 Å². The number of para-hydroxylation sites is 2. The molecule has 0 saturated carbocycles. The van der Waals surface area contributed by atoms with Crippen LogP contribution in [0.15, 0.2) is 206 Å². The summed E-state index contributed by atoms with van der Waals surface area (Å²) in [5.41, 5.74) is 22.1. The van der Waals surface area contributed by atoms with Gasteiger partial charge in [0.05, 0.1) is 22.4 Å². The minimum Gasteiger partial charge on any atom is -0.309 e. The number of aromatic nitrogens is 1. The molecular formula is C60H46N2. The maximum Gasteiger partial charge on any atom is 0.0547 e. The van der Waals surface area contributed by atoms with Crippen molar-refractivity contribution in [3.8, 4) is 50.2 Å². The van der Waals surface area contributed by atoms with Crippen LogP contribution in [0.2, 0.25) is 0 Å².